The Kier molecular flexibility index (Phi) is 8.99. The Labute approximate surface area is 250 Å². The Bertz CT molecular complexity index is 1400. The van der Waals surface area contributed by atoms with Gasteiger partial charge in [-0.25, -0.2) is 4.39 Å². The van der Waals surface area contributed by atoms with Crippen LogP contribution in [0.4, 0.5) is 23.2 Å². The summed E-state index contributed by atoms with van der Waals surface area (Å²) in [5, 5.41) is 6.35. The van der Waals surface area contributed by atoms with E-state index in [2.05, 4.69) is 10.6 Å². The highest BCUT2D eigenvalue weighted by molar-refractivity contribution is 5.97. The molecule has 1 saturated carbocycles. The predicted molar refractivity (Wildman–Crippen MR) is 159 cm³/mol. The maximum absolute atomic E-state index is 15.0. The minimum atomic E-state index is -4.53. The van der Waals surface area contributed by atoms with Gasteiger partial charge in [-0.3, -0.25) is 9.59 Å². The van der Waals surface area contributed by atoms with E-state index < -0.39 is 41.3 Å². The number of benzene rings is 2. The monoisotopic (exact) mass is 597 g/mol. The fourth-order valence-corrected chi connectivity index (χ4v) is 6.86. The molecule has 9 heteroatoms. The Hall–Kier alpha value is -3.62. The van der Waals surface area contributed by atoms with Crippen molar-refractivity contribution in [3.63, 3.8) is 0 Å². The lowest BCUT2D eigenvalue weighted by Gasteiger charge is -2.41. The first kappa shape index (κ1) is 30.8. The quantitative estimate of drug-likeness (QED) is 0.332. The van der Waals surface area contributed by atoms with E-state index in [0.29, 0.717) is 31.0 Å². The zero-order valence-corrected chi connectivity index (χ0v) is 24.9. The molecule has 2 aromatic rings. The van der Waals surface area contributed by atoms with Crippen LogP contribution in [0.3, 0.4) is 0 Å². The van der Waals surface area contributed by atoms with Crippen molar-refractivity contribution in [2.24, 2.45) is 11.8 Å². The second-order valence-corrected chi connectivity index (χ2v) is 12.3. The number of rotatable bonds is 6. The molecule has 1 aliphatic heterocycles. The van der Waals surface area contributed by atoms with Crippen molar-refractivity contribution in [3.05, 3.63) is 87.9 Å². The van der Waals surface area contributed by atoms with Crippen molar-refractivity contribution in [2.45, 2.75) is 84.0 Å². The molecule has 1 unspecified atom stereocenters. The molecule has 5 nitrogen and oxygen atoms in total. The molecule has 0 radical (unpaired) electrons. The fourth-order valence-electron chi connectivity index (χ4n) is 6.86. The molecule has 2 fully saturated rings. The summed E-state index contributed by atoms with van der Waals surface area (Å²) in [6.07, 6.45) is 2.22. The van der Waals surface area contributed by atoms with Gasteiger partial charge in [0.15, 0.2) is 0 Å². The van der Waals surface area contributed by atoms with Crippen molar-refractivity contribution < 1.29 is 27.2 Å². The lowest BCUT2D eigenvalue weighted by Crippen LogP contribution is -2.48. The third-order valence-electron chi connectivity index (χ3n) is 9.12. The van der Waals surface area contributed by atoms with Gasteiger partial charge in [-0.05, 0) is 87.3 Å². The van der Waals surface area contributed by atoms with Gasteiger partial charge in [0.25, 0.3) is 5.91 Å². The smallest absolute Gasteiger partial charge is 0.382 e. The third-order valence-corrected chi connectivity index (χ3v) is 9.12. The Morgan fingerprint density at radius 1 is 0.953 bits per heavy atom. The van der Waals surface area contributed by atoms with Crippen LogP contribution in [0.25, 0.3) is 0 Å². The van der Waals surface area contributed by atoms with Crippen LogP contribution in [0, 0.1) is 24.6 Å². The summed E-state index contributed by atoms with van der Waals surface area (Å²) >= 11 is 0. The zero-order valence-electron chi connectivity index (χ0n) is 24.9. The van der Waals surface area contributed by atoms with Crippen molar-refractivity contribution in [2.75, 3.05) is 11.9 Å². The molecular formula is C34H39F4N3O2. The second kappa shape index (κ2) is 12.5. The molecule has 3 atom stereocenters. The molecule has 1 saturated heterocycles. The van der Waals surface area contributed by atoms with Crippen LogP contribution in [0.2, 0.25) is 0 Å². The van der Waals surface area contributed by atoms with Crippen LogP contribution in [0.15, 0.2) is 65.4 Å². The molecule has 2 aliphatic carbocycles. The van der Waals surface area contributed by atoms with Gasteiger partial charge in [0, 0.05) is 24.0 Å². The maximum atomic E-state index is 15.0. The number of hydrogen-bond donors (Lipinski definition) is 2. The normalized spacial score (nSPS) is 23.3. The van der Waals surface area contributed by atoms with E-state index in [9.17, 15) is 27.2 Å². The third kappa shape index (κ3) is 6.65. The molecule has 43 heavy (non-hydrogen) atoms. The Morgan fingerprint density at radius 3 is 2.30 bits per heavy atom. The number of nitrogens with zero attached hydrogens (tertiary/aromatic N) is 1. The zero-order chi connectivity index (χ0) is 30.9. The van der Waals surface area contributed by atoms with Crippen molar-refractivity contribution in [1.82, 2.24) is 10.2 Å². The summed E-state index contributed by atoms with van der Waals surface area (Å²) in [5.74, 6) is -2.63. The standard InChI is InChI=1S/C34H39F4N3O2/c1-20-8-6-12-28(35)30(20)33(43)41-17-7-11-26(31(41)23-13-15-25(16-14-23)39-24-9-4-5-10-24)32(42)40-29-19-27(34(36,37)38)21(2)18-22(29)3/h6,8,12-16,19,22,24,26,31,39H,4-5,7,9-11,17-18H2,1-3H3,(H,40,42)/t22?,26-,31-/m0/s1. The number of amides is 2. The summed E-state index contributed by atoms with van der Waals surface area (Å²) in [4.78, 5) is 29.4. The number of allylic oxidation sites excluding steroid dienone is 4. The summed E-state index contributed by atoms with van der Waals surface area (Å²) < 4.78 is 56.1. The van der Waals surface area contributed by atoms with E-state index in [1.54, 1.807) is 30.9 Å². The van der Waals surface area contributed by atoms with Gasteiger partial charge >= 0.3 is 6.18 Å². The Morgan fingerprint density at radius 2 is 1.65 bits per heavy atom. The average Bonchev–Trinajstić information content (AvgIpc) is 3.47. The first-order chi connectivity index (χ1) is 20.4. The number of nitrogens with one attached hydrogen (secondary N) is 2. The lowest BCUT2D eigenvalue weighted by atomic mass is 9.82. The second-order valence-electron chi connectivity index (χ2n) is 12.3. The molecular weight excluding hydrogens is 558 g/mol. The molecule has 3 aliphatic rings. The van der Waals surface area contributed by atoms with E-state index in [1.165, 1.54) is 25.8 Å². The van der Waals surface area contributed by atoms with E-state index in [-0.39, 0.29) is 29.2 Å². The number of hydrogen-bond acceptors (Lipinski definition) is 3. The molecule has 0 spiro atoms. The van der Waals surface area contributed by atoms with E-state index in [1.807, 2.05) is 24.3 Å². The van der Waals surface area contributed by atoms with E-state index in [0.717, 1.165) is 30.2 Å². The molecule has 5 rings (SSSR count). The number of piperidine rings is 1. The van der Waals surface area contributed by atoms with E-state index >= 15 is 0 Å². The van der Waals surface area contributed by atoms with Crippen LogP contribution < -0.4 is 10.6 Å². The molecule has 2 amide bonds. The predicted octanol–water partition coefficient (Wildman–Crippen LogP) is 8.00. The van der Waals surface area contributed by atoms with Crippen LogP contribution in [0.1, 0.15) is 86.3 Å². The number of halogens is 4. The largest absolute Gasteiger partial charge is 0.416 e. The highest BCUT2D eigenvalue weighted by Crippen LogP contribution is 2.40. The number of anilines is 1. The lowest BCUT2D eigenvalue weighted by molar-refractivity contribution is -0.128. The first-order valence-electron chi connectivity index (χ1n) is 15.2. The molecule has 2 N–H and O–H groups in total. The summed E-state index contributed by atoms with van der Waals surface area (Å²) in [6, 6.07) is 11.8. The van der Waals surface area contributed by atoms with Crippen LogP contribution in [-0.4, -0.2) is 35.5 Å². The average molecular weight is 598 g/mol. The summed E-state index contributed by atoms with van der Waals surface area (Å²) in [5.41, 5.74) is 1.83. The van der Waals surface area contributed by atoms with E-state index in [4.69, 9.17) is 0 Å². The highest BCUT2D eigenvalue weighted by Gasteiger charge is 2.42. The minimum absolute atomic E-state index is 0.0351. The van der Waals surface area contributed by atoms with Gasteiger partial charge in [0.05, 0.1) is 23.1 Å². The molecule has 0 bridgehead atoms. The SMILES string of the molecule is CC1=C(C(F)(F)F)C=C(NC(=O)[C@H]2CCCN(C(=O)c3c(C)cccc3F)[C@H]2c2ccc(NC3CCCC3)cc2)C(C)C1. The topological polar surface area (TPSA) is 61.4 Å². The number of aryl methyl sites for hydroxylation is 1. The molecule has 2 aromatic carbocycles. The summed E-state index contributed by atoms with van der Waals surface area (Å²) in [7, 11) is 0. The van der Waals surface area contributed by atoms with Gasteiger partial charge < -0.3 is 15.5 Å². The maximum Gasteiger partial charge on any atom is 0.416 e. The van der Waals surface area contributed by atoms with Crippen molar-refractivity contribution in [1.29, 1.82) is 0 Å². The van der Waals surface area contributed by atoms with Crippen LogP contribution >= 0.6 is 0 Å². The van der Waals surface area contributed by atoms with Gasteiger partial charge in [0.1, 0.15) is 5.82 Å². The molecule has 1 heterocycles. The molecule has 0 aromatic heterocycles. The van der Waals surface area contributed by atoms with Gasteiger partial charge in [-0.15, -0.1) is 0 Å². The van der Waals surface area contributed by atoms with Gasteiger partial charge in [-0.1, -0.05) is 49.6 Å². The van der Waals surface area contributed by atoms with Gasteiger partial charge in [0.2, 0.25) is 5.91 Å². The number of alkyl halides is 3. The van der Waals surface area contributed by atoms with Crippen LogP contribution in [-0.2, 0) is 4.79 Å². The Balaban J connectivity index is 1.48. The van der Waals surface area contributed by atoms with Crippen molar-refractivity contribution in [3.8, 4) is 0 Å². The first-order valence-corrected chi connectivity index (χ1v) is 15.2. The minimum Gasteiger partial charge on any atom is -0.382 e. The number of likely N-dealkylation sites (tertiary alicyclic amines) is 1. The highest BCUT2D eigenvalue weighted by atomic mass is 19.4. The molecule has 230 valence electrons. The van der Waals surface area contributed by atoms with Crippen molar-refractivity contribution >= 4 is 17.5 Å². The number of carbonyl (C=O) groups is 2. The summed E-state index contributed by atoms with van der Waals surface area (Å²) in [6.45, 7) is 5.25. The number of carbonyl (C=O) groups excluding carboxylic acids is 2. The van der Waals surface area contributed by atoms with Gasteiger partial charge in [-0.2, -0.15) is 13.2 Å². The fraction of sp³-hybridized carbons (Fsp3) is 0.471. The van der Waals surface area contributed by atoms with Crippen LogP contribution in [0.5, 0.6) is 0 Å².